The molecular weight excluding hydrogens is 494 g/mol. The predicted molar refractivity (Wildman–Crippen MR) is 127 cm³/mol. The number of fused-ring (bicyclic) bond motifs is 1. The molecule has 2 atom stereocenters. The van der Waals surface area contributed by atoms with Gasteiger partial charge in [-0.1, -0.05) is 6.07 Å². The number of imide groups is 2. The molecule has 0 saturated carbocycles. The van der Waals surface area contributed by atoms with Gasteiger partial charge in [0.2, 0.25) is 11.8 Å². The first-order valence-electron chi connectivity index (χ1n) is 11.7. The SMILES string of the molecule is NCCOCCOCCOCCOCC[S+]([O-])c1cccc2c1C(=O)N(C1CCC(=O)NC1=O)C2=O. The van der Waals surface area contributed by atoms with Gasteiger partial charge < -0.3 is 29.2 Å². The molecule has 4 amide bonds. The summed E-state index contributed by atoms with van der Waals surface area (Å²) < 4.78 is 34.3. The molecule has 0 spiro atoms. The van der Waals surface area contributed by atoms with Gasteiger partial charge in [0, 0.05) is 13.0 Å². The lowest BCUT2D eigenvalue weighted by Crippen LogP contribution is -2.54. The van der Waals surface area contributed by atoms with E-state index >= 15 is 0 Å². The summed E-state index contributed by atoms with van der Waals surface area (Å²) in [5.41, 5.74) is 5.44. The van der Waals surface area contributed by atoms with Crippen molar-refractivity contribution in [1.82, 2.24) is 10.2 Å². The second-order valence-corrected chi connectivity index (χ2v) is 9.45. The van der Waals surface area contributed by atoms with Crippen molar-refractivity contribution < 1.29 is 42.7 Å². The van der Waals surface area contributed by atoms with E-state index < -0.39 is 40.8 Å². The summed E-state index contributed by atoms with van der Waals surface area (Å²) in [6.45, 7) is 3.56. The number of benzene rings is 1. The minimum Gasteiger partial charge on any atom is -0.611 e. The van der Waals surface area contributed by atoms with Crippen LogP contribution < -0.4 is 11.1 Å². The van der Waals surface area contributed by atoms with E-state index in [0.29, 0.717) is 52.8 Å². The van der Waals surface area contributed by atoms with E-state index in [0.717, 1.165) is 4.90 Å². The highest BCUT2D eigenvalue weighted by Gasteiger charge is 2.47. The lowest BCUT2D eigenvalue weighted by Gasteiger charge is -2.27. The third-order valence-corrected chi connectivity index (χ3v) is 6.83. The number of nitrogens with one attached hydrogen (secondary N) is 1. The number of nitrogens with two attached hydrogens (primary N) is 1. The summed E-state index contributed by atoms with van der Waals surface area (Å²) in [4.78, 5) is 50.7. The van der Waals surface area contributed by atoms with Crippen LogP contribution in [0.15, 0.2) is 23.1 Å². The molecule has 36 heavy (non-hydrogen) atoms. The van der Waals surface area contributed by atoms with E-state index in [1.54, 1.807) is 6.07 Å². The molecule has 2 aliphatic rings. The van der Waals surface area contributed by atoms with E-state index in [2.05, 4.69) is 5.32 Å². The van der Waals surface area contributed by atoms with Gasteiger partial charge in [-0.25, -0.2) is 0 Å². The van der Waals surface area contributed by atoms with Gasteiger partial charge in [0.05, 0.1) is 58.4 Å². The van der Waals surface area contributed by atoms with Crippen LogP contribution in [0.5, 0.6) is 0 Å². The summed E-state index contributed by atoms with van der Waals surface area (Å²) in [6.07, 6.45) is 0.0840. The van der Waals surface area contributed by atoms with Gasteiger partial charge >= 0.3 is 0 Å². The number of rotatable bonds is 16. The van der Waals surface area contributed by atoms with Crippen LogP contribution in [0.3, 0.4) is 0 Å². The van der Waals surface area contributed by atoms with E-state index in [1.807, 2.05) is 0 Å². The average Bonchev–Trinajstić information content (AvgIpc) is 3.12. The van der Waals surface area contributed by atoms with Gasteiger partial charge in [0.25, 0.3) is 11.8 Å². The predicted octanol–water partition coefficient (Wildman–Crippen LogP) is -0.779. The molecule has 1 aromatic rings. The highest BCUT2D eigenvalue weighted by molar-refractivity contribution is 7.91. The Bertz CT molecular complexity index is 945. The molecular formula is C23H31N3O9S. The lowest BCUT2D eigenvalue weighted by molar-refractivity contribution is -0.136. The zero-order chi connectivity index (χ0) is 25.9. The maximum Gasteiger partial charge on any atom is 0.267 e. The van der Waals surface area contributed by atoms with E-state index in [9.17, 15) is 23.7 Å². The second-order valence-electron chi connectivity index (χ2n) is 7.91. The Labute approximate surface area is 211 Å². The standard InChI is InChI=1S/C23H31N3O9S/c24-6-7-32-8-9-33-10-11-34-12-13-35-14-15-36(31)18-3-1-2-16-20(18)23(30)26(22(16)29)17-4-5-19(27)25-21(17)28/h1-3,17H,4-15,24H2,(H,25,27,28). The van der Waals surface area contributed by atoms with Crippen LogP contribution in [-0.4, -0.2) is 104 Å². The Kier molecular flexibility index (Phi) is 11.3. The van der Waals surface area contributed by atoms with Gasteiger partial charge in [-0.05, 0) is 29.7 Å². The number of hydrogen-bond donors (Lipinski definition) is 2. The fraction of sp³-hybridized carbons (Fsp3) is 0.565. The Hall–Kier alpha value is -2.39. The number of amides is 4. The van der Waals surface area contributed by atoms with Gasteiger partial charge in [-0.15, -0.1) is 0 Å². The number of carbonyl (C=O) groups is 4. The number of carbonyl (C=O) groups excluding carboxylic acids is 4. The van der Waals surface area contributed by atoms with E-state index in [-0.39, 0.29) is 41.2 Å². The van der Waals surface area contributed by atoms with Crippen LogP contribution in [0.4, 0.5) is 0 Å². The van der Waals surface area contributed by atoms with Gasteiger partial charge in [0.1, 0.15) is 17.4 Å². The summed E-state index contributed by atoms with van der Waals surface area (Å²) in [5.74, 6) is -2.35. The van der Waals surface area contributed by atoms with E-state index in [1.165, 1.54) is 12.1 Å². The first-order chi connectivity index (χ1) is 17.5. The molecule has 2 heterocycles. The molecule has 1 fully saturated rings. The summed E-state index contributed by atoms with van der Waals surface area (Å²) >= 11 is -1.61. The number of ether oxygens (including phenoxy) is 4. The van der Waals surface area contributed by atoms with Crippen molar-refractivity contribution in [2.75, 3.05) is 65.2 Å². The number of nitrogens with zero attached hydrogens (tertiary/aromatic N) is 1. The first kappa shape index (κ1) is 28.2. The Morgan fingerprint density at radius 2 is 1.53 bits per heavy atom. The van der Waals surface area contributed by atoms with Crippen LogP contribution in [0.2, 0.25) is 0 Å². The van der Waals surface area contributed by atoms with Crippen molar-refractivity contribution in [2.45, 2.75) is 23.8 Å². The Balaban J connectivity index is 1.41. The molecule has 2 aliphatic heterocycles. The van der Waals surface area contributed by atoms with Crippen LogP contribution in [0.1, 0.15) is 33.6 Å². The van der Waals surface area contributed by atoms with Crippen molar-refractivity contribution in [3.05, 3.63) is 29.3 Å². The normalized spacial score (nSPS) is 18.5. The molecule has 0 bridgehead atoms. The Morgan fingerprint density at radius 1 is 0.917 bits per heavy atom. The number of hydrogen-bond acceptors (Lipinski definition) is 10. The lowest BCUT2D eigenvalue weighted by atomic mass is 10.0. The third-order valence-electron chi connectivity index (χ3n) is 5.47. The minimum absolute atomic E-state index is 0.0286. The maximum atomic E-state index is 13.1. The molecule has 198 valence electrons. The summed E-state index contributed by atoms with van der Waals surface area (Å²) in [5, 5.41) is 2.15. The average molecular weight is 526 g/mol. The van der Waals surface area contributed by atoms with Crippen LogP contribution in [0, 0.1) is 0 Å². The fourth-order valence-corrected chi connectivity index (χ4v) is 4.91. The van der Waals surface area contributed by atoms with Gasteiger partial charge in [-0.3, -0.25) is 29.4 Å². The van der Waals surface area contributed by atoms with E-state index in [4.69, 9.17) is 24.7 Å². The molecule has 0 aromatic heterocycles. The van der Waals surface area contributed by atoms with Crippen LogP contribution in [-0.2, 0) is 39.7 Å². The topological polar surface area (TPSA) is 170 Å². The largest absolute Gasteiger partial charge is 0.611 e. The quantitative estimate of drug-likeness (QED) is 0.159. The highest BCUT2D eigenvalue weighted by atomic mass is 32.2. The fourth-order valence-electron chi connectivity index (χ4n) is 3.76. The molecule has 12 nitrogen and oxygen atoms in total. The van der Waals surface area contributed by atoms with Crippen molar-refractivity contribution >= 4 is 34.8 Å². The van der Waals surface area contributed by atoms with Crippen molar-refractivity contribution in [3.8, 4) is 0 Å². The smallest absolute Gasteiger partial charge is 0.267 e. The molecule has 1 aromatic carbocycles. The summed E-state index contributed by atoms with van der Waals surface area (Å²) in [7, 11) is 0. The first-order valence-corrected chi connectivity index (χ1v) is 13.0. The monoisotopic (exact) mass is 525 g/mol. The molecule has 3 rings (SSSR count). The maximum absolute atomic E-state index is 13.1. The zero-order valence-corrected chi connectivity index (χ0v) is 20.7. The van der Waals surface area contributed by atoms with Crippen LogP contribution in [0.25, 0.3) is 0 Å². The number of piperidine rings is 1. The van der Waals surface area contributed by atoms with Gasteiger partial charge in [-0.2, -0.15) is 0 Å². The van der Waals surface area contributed by atoms with Crippen LogP contribution >= 0.6 is 0 Å². The molecule has 2 unspecified atom stereocenters. The molecule has 13 heteroatoms. The zero-order valence-electron chi connectivity index (χ0n) is 19.9. The minimum atomic E-state index is -1.61. The third kappa shape index (κ3) is 7.32. The van der Waals surface area contributed by atoms with Gasteiger partial charge in [0.15, 0.2) is 4.90 Å². The molecule has 3 N–H and O–H groups in total. The summed E-state index contributed by atoms with van der Waals surface area (Å²) in [6, 6.07) is 3.46. The Morgan fingerprint density at radius 3 is 2.14 bits per heavy atom. The second kappa shape index (κ2) is 14.4. The highest BCUT2D eigenvalue weighted by Crippen LogP contribution is 2.32. The van der Waals surface area contributed by atoms with Crippen molar-refractivity contribution in [3.63, 3.8) is 0 Å². The van der Waals surface area contributed by atoms with Crippen molar-refractivity contribution in [1.29, 1.82) is 0 Å². The van der Waals surface area contributed by atoms with Crippen molar-refractivity contribution in [2.24, 2.45) is 5.73 Å². The molecule has 0 aliphatic carbocycles. The molecule has 1 saturated heterocycles. The molecule has 0 radical (unpaired) electrons.